The zero-order chi connectivity index (χ0) is 22.3. The van der Waals surface area contributed by atoms with E-state index in [-0.39, 0.29) is 30.0 Å². The second-order valence-corrected chi connectivity index (χ2v) is 8.57. The van der Waals surface area contributed by atoms with Crippen molar-refractivity contribution in [1.82, 2.24) is 25.3 Å². The van der Waals surface area contributed by atoms with Crippen LogP contribution in [0.25, 0.3) is 0 Å². The molecule has 0 bridgehead atoms. The summed E-state index contributed by atoms with van der Waals surface area (Å²) in [6, 6.07) is 8.52. The van der Waals surface area contributed by atoms with Crippen LogP contribution in [0.4, 0.5) is 13.2 Å². The molecule has 0 aliphatic carbocycles. The Bertz CT molecular complexity index is 705. The standard InChI is InChI=1S/C22H35F3N6.HI/c1-3-26-21(28-20-8-9-31(16-20)17-22(23,24)25)27-14-18-4-6-19(7-5-18)15-30-12-10-29(2)11-13-30;/h4-7,20H,3,8-17H2,1-2H3,(H2,26,27,28);1H. The molecule has 1 unspecified atom stereocenters. The van der Waals surface area contributed by atoms with Crippen molar-refractivity contribution in [1.29, 1.82) is 0 Å². The van der Waals surface area contributed by atoms with E-state index in [1.807, 2.05) is 6.92 Å². The third-order valence-electron chi connectivity index (χ3n) is 5.81. The van der Waals surface area contributed by atoms with Gasteiger partial charge in [-0.05, 0) is 31.5 Å². The summed E-state index contributed by atoms with van der Waals surface area (Å²) in [4.78, 5) is 10.9. The number of benzene rings is 1. The minimum absolute atomic E-state index is 0. The fourth-order valence-electron chi connectivity index (χ4n) is 4.05. The molecule has 3 rings (SSSR count). The summed E-state index contributed by atoms with van der Waals surface area (Å²) in [7, 11) is 2.16. The van der Waals surface area contributed by atoms with Gasteiger partial charge in [-0.1, -0.05) is 24.3 Å². The number of nitrogens with zero attached hydrogens (tertiary/aromatic N) is 4. The average Bonchev–Trinajstić information content (AvgIpc) is 3.14. The molecule has 32 heavy (non-hydrogen) atoms. The van der Waals surface area contributed by atoms with E-state index in [4.69, 9.17) is 0 Å². The van der Waals surface area contributed by atoms with Gasteiger partial charge in [0.05, 0.1) is 13.1 Å². The number of hydrogen-bond acceptors (Lipinski definition) is 4. The predicted molar refractivity (Wildman–Crippen MR) is 133 cm³/mol. The van der Waals surface area contributed by atoms with E-state index in [0.29, 0.717) is 38.6 Å². The molecule has 0 spiro atoms. The van der Waals surface area contributed by atoms with Crippen molar-refractivity contribution < 1.29 is 13.2 Å². The van der Waals surface area contributed by atoms with Crippen molar-refractivity contribution in [3.8, 4) is 0 Å². The van der Waals surface area contributed by atoms with Crippen LogP contribution >= 0.6 is 24.0 Å². The van der Waals surface area contributed by atoms with E-state index in [2.05, 4.69) is 56.7 Å². The molecule has 1 aromatic carbocycles. The third kappa shape index (κ3) is 9.40. The van der Waals surface area contributed by atoms with Gasteiger partial charge in [0.2, 0.25) is 0 Å². The lowest BCUT2D eigenvalue weighted by atomic mass is 10.1. The van der Waals surface area contributed by atoms with Crippen molar-refractivity contribution in [2.45, 2.75) is 38.7 Å². The summed E-state index contributed by atoms with van der Waals surface area (Å²) >= 11 is 0. The van der Waals surface area contributed by atoms with Crippen molar-refractivity contribution in [3.63, 3.8) is 0 Å². The Morgan fingerprint density at radius 1 is 1.03 bits per heavy atom. The lowest BCUT2D eigenvalue weighted by Crippen LogP contribution is -2.45. The van der Waals surface area contributed by atoms with Crippen LogP contribution in [-0.4, -0.2) is 92.3 Å². The summed E-state index contributed by atoms with van der Waals surface area (Å²) in [5, 5.41) is 6.49. The number of likely N-dealkylation sites (N-methyl/N-ethyl adjacent to an activating group) is 1. The number of halogens is 4. The molecule has 2 aliphatic rings. The molecule has 1 aromatic rings. The topological polar surface area (TPSA) is 46.1 Å². The largest absolute Gasteiger partial charge is 0.401 e. The predicted octanol–water partition coefficient (Wildman–Crippen LogP) is 2.74. The van der Waals surface area contributed by atoms with Gasteiger partial charge in [0.25, 0.3) is 0 Å². The Morgan fingerprint density at radius 2 is 1.69 bits per heavy atom. The van der Waals surface area contributed by atoms with Crippen LogP contribution in [0.3, 0.4) is 0 Å². The summed E-state index contributed by atoms with van der Waals surface area (Å²) in [6.07, 6.45) is -3.47. The molecule has 1 atom stereocenters. The number of piperazine rings is 1. The molecule has 0 aromatic heterocycles. The first-order chi connectivity index (χ1) is 14.8. The monoisotopic (exact) mass is 568 g/mol. The molecule has 10 heteroatoms. The minimum atomic E-state index is -4.15. The van der Waals surface area contributed by atoms with Crippen molar-refractivity contribution in [2.24, 2.45) is 4.99 Å². The maximum atomic E-state index is 12.6. The summed E-state index contributed by atoms with van der Waals surface area (Å²) < 4.78 is 37.8. The van der Waals surface area contributed by atoms with Gasteiger partial charge in [0.1, 0.15) is 0 Å². The molecular formula is C22H36F3IN6. The fraction of sp³-hybridized carbons (Fsp3) is 0.682. The van der Waals surface area contributed by atoms with Crippen molar-refractivity contribution in [2.75, 3.05) is 59.4 Å². The van der Waals surface area contributed by atoms with Crippen LogP contribution in [0, 0.1) is 0 Å². The normalized spacial score (nSPS) is 21.4. The molecule has 2 aliphatic heterocycles. The van der Waals surface area contributed by atoms with Crippen LogP contribution < -0.4 is 10.6 Å². The highest BCUT2D eigenvalue weighted by Crippen LogP contribution is 2.20. The van der Waals surface area contributed by atoms with Crippen LogP contribution in [0.2, 0.25) is 0 Å². The third-order valence-corrected chi connectivity index (χ3v) is 5.81. The van der Waals surface area contributed by atoms with Crippen LogP contribution in [0.5, 0.6) is 0 Å². The fourth-order valence-corrected chi connectivity index (χ4v) is 4.05. The van der Waals surface area contributed by atoms with Gasteiger partial charge >= 0.3 is 6.18 Å². The SMILES string of the molecule is CCNC(=NCc1ccc(CN2CCN(C)CC2)cc1)NC1CCN(CC(F)(F)F)C1.I. The molecule has 2 fully saturated rings. The van der Waals surface area contributed by atoms with E-state index in [1.165, 1.54) is 10.5 Å². The van der Waals surface area contributed by atoms with Gasteiger partial charge in [-0.25, -0.2) is 4.99 Å². The summed E-state index contributed by atoms with van der Waals surface area (Å²) in [5.74, 6) is 0.655. The van der Waals surface area contributed by atoms with Crippen molar-refractivity contribution >= 4 is 29.9 Å². The number of rotatable bonds is 7. The highest BCUT2D eigenvalue weighted by Gasteiger charge is 2.34. The smallest absolute Gasteiger partial charge is 0.357 e. The highest BCUT2D eigenvalue weighted by molar-refractivity contribution is 14.0. The molecular weight excluding hydrogens is 532 g/mol. The maximum Gasteiger partial charge on any atom is 0.401 e. The van der Waals surface area contributed by atoms with Crippen molar-refractivity contribution in [3.05, 3.63) is 35.4 Å². The van der Waals surface area contributed by atoms with E-state index < -0.39 is 12.7 Å². The van der Waals surface area contributed by atoms with E-state index >= 15 is 0 Å². The molecule has 2 saturated heterocycles. The zero-order valence-corrected chi connectivity index (χ0v) is 21.3. The second kappa shape index (κ2) is 13.0. The van der Waals surface area contributed by atoms with Gasteiger partial charge in [0.15, 0.2) is 5.96 Å². The maximum absolute atomic E-state index is 12.6. The first-order valence-corrected chi connectivity index (χ1v) is 11.1. The molecule has 6 nitrogen and oxygen atoms in total. The lowest BCUT2D eigenvalue weighted by molar-refractivity contribution is -0.143. The number of guanidine groups is 1. The Morgan fingerprint density at radius 3 is 2.31 bits per heavy atom. The van der Waals surface area contributed by atoms with E-state index in [1.54, 1.807) is 0 Å². The Labute approximate surface area is 206 Å². The Kier molecular flexibility index (Phi) is 11.0. The quantitative estimate of drug-likeness (QED) is 0.301. The van der Waals surface area contributed by atoms with Gasteiger partial charge in [0, 0.05) is 58.4 Å². The van der Waals surface area contributed by atoms with Gasteiger partial charge in [-0.15, -0.1) is 24.0 Å². The molecule has 2 N–H and O–H groups in total. The molecule has 0 saturated carbocycles. The van der Waals surface area contributed by atoms with Gasteiger partial charge < -0.3 is 15.5 Å². The molecule has 2 heterocycles. The van der Waals surface area contributed by atoms with Gasteiger partial charge in [-0.2, -0.15) is 13.2 Å². The van der Waals surface area contributed by atoms with E-state index in [0.717, 1.165) is 38.3 Å². The summed E-state index contributed by atoms with van der Waals surface area (Å²) in [5.41, 5.74) is 2.42. The first kappa shape index (κ1) is 27.1. The number of likely N-dealkylation sites (tertiary alicyclic amines) is 1. The number of aliphatic imine (C=N–C) groups is 1. The lowest BCUT2D eigenvalue weighted by Gasteiger charge is -2.32. The summed E-state index contributed by atoms with van der Waals surface area (Å²) in [6.45, 7) is 8.59. The van der Waals surface area contributed by atoms with Gasteiger partial charge in [-0.3, -0.25) is 9.80 Å². The average molecular weight is 568 g/mol. The van der Waals surface area contributed by atoms with Crippen LogP contribution in [0.1, 0.15) is 24.5 Å². The number of alkyl halides is 3. The Hall–Kier alpha value is -1.11. The number of hydrogen-bond donors (Lipinski definition) is 2. The highest BCUT2D eigenvalue weighted by atomic mass is 127. The number of nitrogens with one attached hydrogen (secondary N) is 2. The minimum Gasteiger partial charge on any atom is -0.357 e. The second-order valence-electron chi connectivity index (χ2n) is 8.57. The zero-order valence-electron chi connectivity index (χ0n) is 19.0. The first-order valence-electron chi connectivity index (χ1n) is 11.1. The van der Waals surface area contributed by atoms with Crippen LogP contribution in [0.15, 0.2) is 29.3 Å². The van der Waals surface area contributed by atoms with Crippen LogP contribution in [-0.2, 0) is 13.1 Å². The molecule has 182 valence electrons. The Balaban J connectivity index is 0.00000363. The molecule has 0 amide bonds. The van der Waals surface area contributed by atoms with E-state index in [9.17, 15) is 13.2 Å². The molecule has 0 radical (unpaired) electrons.